The van der Waals surface area contributed by atoms with Crippen molar-refractivity contribution in [1.82, 2.24) is 19.2 Å². The van der Waals surface area contributed by atoms with Crippen molar-refractivity contribution in [3.8, 4) is 11.4 Å². The van der Waals surface area contributed by atoms with E-state index >= 15 is 0 Å². The van der Waals surface area contributed by atoms with Crippen LogP contribution >= 0.6 is 0 Å². The molecule has 0 radical (unpaired) electrons. The molecule has 0 atom stereocenters. The van der Waals surface area contributed by atoms with Gasteiger partial charge in [-0.2, -0.15) is 4.68 Å². The number of carbonyl (C=O) groups excluding carboxylic acids is 1. The number of benzene rings is 2. The Bertz CT molecular complexity index is 1010. The Kier molecular flexibility index (Phi) is 5.93. The molecule has 0 bridgehead atoms. The third-order valence-electron chi connectivity index (χ3n) is 4.65. The van der Waals surface area contributed by atoms with Gasteiger partial charge in [0.05, 0.1) is 7.11 Å². The average molecular weight is 380 g/mol. The van der Waals surface area contributed by atoms with Gasteiger partial charge in [0.2, 0.25) is 5.91 Å². The largest absolute Gasteiger partial charge is 0.494 e. The lowest BCUT2D eigenvalue weighted by Gasteiger charge is -2.15. The third-order valence-corrected chi connectivity index (χ3v) is 4.65. The second kappa shape index (κ2) is 8.56. The van der Waals surface area contributed by atoms with Crippen LogP contribution in [0.3, 0.4) is 0 Å². The van der Waals surface area contributed by atoms with E-state index in [9.17, 15) is 9.59 Å². The number of carbonyl (C=O) groups is 1. The minimum absolute atomic E-state index is 0.0551. The predicted molar refractivity (Wildman–Crippen MR) is 107 cm³/mol. The van der Waals surface area contributed by atoms with Crippen LogP contribution in [0.15, 0.2) is 59.4 Å². The summed E-state index contributed by atoms with van der Waals surface area (Å²) >= 11 is 0. The van der Waals surface area contributed by atoms with Crippen LogP contribution in [0.2, 0.25) is 0 Å². The average Bonchev–Trinajstić information content (AvgIpc) is 3.03. The van der Waals surface area contributed by atoms with Gasteiger partial charge < -0.3 is 9.64 Å². The first kappa shape index (κ1) is 19.4. The zero-order chi connectivity index (χ0) is 20.1. The van der Waals surface area contributed by atoms with Gasteiger partial charge in [0.15, 0.2) is 0 Å². The molecule has 1 heterocycles. The highest BCUT2D eigenvalue weighted by molar-refractivity contribution is 5.75. The van der Waals surface area contributed by atoms with Gasteiger partial charge >= 0.3 is 5.69 Å². The van der Waals surface area contributed by atoms with E-state index in [2.05, 4.69) is 5.10 Å². The van der Waals surface area contributed by atoms with Gasteiger partial charge in [-0.05, 0) is 24.6 Å². The van der Waals surface area contributed by atoms with Crippen molar-refractivity contribution in [3.05, 3.63) is 76.5 Å². The van der Waals surface area contributed by atoms with Crippen molar-refractivity contribution in [2.24, 2.45) is 0 Å². The number of hydrogen-bond donors (Lipinski definition) is 0. The minimum Gasteiger partial charge on any atom is -0.494 e. The van der Waals surface area contributed by atoms with Crippen LogP contribution in [0.4, 0.5) is 0 Å². The van der Waals surface area contributed by atoms with Crippen molar-refractivity contribution in [2.45, 2.75) is 19.9 Å². The Morgan fingerprint density at radius 2 is 1.79 bits per heavy atom. The van der Waals surface area contributed by atoms with Gasteiger partial charge in [-0.1, -0.05) is 42.5 Å². The molecule has 0 aliphatic carbocycles. The maximum Gasteiger partial charge on any atom is 0.351 e. The van der Waals surface area contributed by atoms with Crippen molar-refractivity contribution in [3.63, 3.8) is 0 Å². The summed E-state index contributed by atoms with van der Waals surface area (Å²) in [4.78, 5) is 27.2. The molecule has 7 nitrogen and oxygen atoms in total. The summed E-state index contributed by atoms with van der Waals surface area (Å²) in [6.45, 7) is 2.41. The third kappa shape index (κ3) is 3.98. The Morgan fingerprint density at radius 1 is 1.11 bits per heavy atom. The second-order valence-corrected chi connectivity index (χ2v) is 6.44. The number of ether oxygens (including phenoxy) is 1. The zero-order valence-corrected chi connectivity index (χ0v) is 16.3. The molecule has 28 heavy (non-hydrogen) atoms. The van der Waals surface area contributed by atoms with E-state index in [0.29, 0.717) is 30.2 Å². The topological polar surface area (TPSA) is 69.4 Å². The fourth-order valence-electron chi connectivity index (χ4n) is 2.90. The lowest BCUT2D eigenvalue weighted by molar-refractivity contribution is -0.130. The lowest BCUT2D eigenvalue weighted by atomic mass is 10.1. The van der Waals surface area contributed by atoms with Gasteiger partial charge in [0, 0.05) is 20.0 Å². The van der Waals surface area contributed by atoms with Crippen LogP contribution < -0.4 is 10.4 Å². The molecule has 3 aromatic rings. The predicted octanol–water partition coefficient (Wildman–Crippen LogP) is 2.11. The number of likely N-dealkylation sites (N-methyl/N-ethyl adjacent to an activating group) is 1. The van der Waals surface area contributed by atoms with Gasteiger partial charge in [0.25, 0.3) is 0 Å². The monoisotopic (exact) mass is 380 g/mol. The number of aromatic nitrogens is 3. The zero-order valence-electron chi connectivity index (χ0n) is 16.3. The van der Waals surface area contributed by atoms with Crippen LogP contribution in [0.1, 0.15) is 18.3 Å². The Morgan fingerprint density at radius 3 is 2.46 bits per heavy atom. The van der Waals surface area contributed by atoms with E-state index in [1.165, 1.54) is 9.25 Å². The molecule has 0 unspecified atom stereocenters. The van der Waals surface area contributed by atoms with Crippen molar-refractivity contribution in [1.29, 1.82) is 0 Å². The number of rotatable bonds is 7. The number of amides is 1. The summed E-state index contributed by atoms with van der Waals surface area (Å²) in [5.74, 6) is 0.927. The van der Waals surface area contributed by atoms with Crippen LogP contribution in [0, 0.1) is 0 Å². The number of methoxy groups -OCH3 is 1. The number of hydrogen-bond acceptors (Lipinski definition) is 4. The molecule has 2 aromatic carbocycles. The van der Waals surface area contributed by atoms with Gasteiger partial charge in [-0.15, -0.1) is 5.10 Å². The molecule has 146 valence electrons. The van der Waals surface area contributed by atoms with Gasteiger partial charge in [0.1, 0.15) is 23.8 Å². The molecule has 0 aliphatic rings. The van der Waals surface area contributed by atoms with E-state index in [-0.39, 0.29) is 18.1 Å². The van der Waals surface area contributed by atoms with Gasteiger partial charge in [-0.25, -0.2) is 4.79 Å². The molecule has 0 saturated carbocycles. The lowest BCUT2D eigenvalue weighted by Crippen LogP contribution is -2.35. The van der Waals surface area contributed by atoms with E-state index in [4.69, 9.17) is 4.74 Å². The fourth-order valence-corrected chi connectivity index (χ4v) is 2.90. The molecule has 0 aliphatic heterocycles. The standard InChI is InChI=1S/C21H24N4O3/c1-4-23(2)20(26)15-24-19(14-16-10-6-5-7-11-16)22-25(21(24)27)17-12-8-9-13-18(17)28-3/h5-13H,4,14-15H2,1-3H3. The van der Waals surface area contributed by atoms with E-state index in [1.807, 2.05) is 49.4 Å². The number of nitrogens with zero attached hydrogens (tertiary/aromatic N) is 4. The Balaban J connectivity index is 2.08. The normalized spacial score (nSPS) is 10.7. The highest BCUT2D eigenvalue weighted by Gasteiger charge is 2.20. The molecule has 0 saturated heterocycles. The summed E-state index contributed by atoms with van der Waals surface area (Å²) < 4.78 is 8.12. The Labute approximate surface area is 163 Å². The second-order valence-electron chi connectivity index (χ2n) is 6.44. The highest BCUT2D eigenvalue weighted by atomic mass is 16.5. The first-order chi connectivity index (χ1) is 13.5. The molecular weight excluding hydrogens is 356 g/mol. The summed E-state index contributed by atoms with van der Waals surface area (Å²) in [7, 11) is 3.26. The minimum atomic E-state index is -0.367. The van der Waals surface area contributed by atoms with Crippen LogP contribution in [0.25, 0.3) is 5.69 Å². The van der Waals surface area contributed by atoms with E-state index in [1.54, 1.807) is 31.2 Å². The maximum atomic E-state index is 13.1. The molecule has 0 N–H and O–H groups in total. The number of para-hydroxylation sites is 2. The molecule has 1 aromatic heterocycles. The van der Waals surface area contributed by atoms with Crippen molar-refractivity contribution >= 4 is 5.91 Å². The van der Waals surface area contributed by atoms with Crippen LogP contribution in [0.5, 0.6) is 5.75 Å². The van der Waals surface area contributed by atoms with Crippen LogP contribution in [-0.2, 0) is 17.8 Å². The quantitative estimate of drug-likeness (QED) is 0.630. The van der Waals surface area contributed by atoms with Crippen molar-refractivity contribution in [2.75, 3.05) is 20.7 Å². The smallest absolute Gasteiger partial charge is 0.351 e. The highest BCUT2D eigenvalue weighted by Crippen LogP contribution is 2.20. The SMILES string of the molecule is CCN(C)C(=O)Cn1c(Cc2ccccc2)nn(-c2ccccc2OC)c1=O. The molecular formula is C21H24N4O3. The summed E-state index contributed by atoms with van der Waals surface area (Å²) in [6, 6.07) is 16.9. The molecule has 7 heteroatoms. The maximum absolute atomic E-state index is 13.1. The van der Waals surface area contributed by atoms with E-state index in [0.717, 1.165) is 5.56 Å². The molecule has 1 amide bonds. The summed E-state index contributed by atoms with van der Waals surface area (Å²) in [6.07, 6.45) is 0.446. The van der Waals surface area contributed by atoms with Gasteiger partial charge in [-0.3, -0.25) is 9.36 Å². The summed E-state index contributed by atoms with van der Waals surface area (Å²) in [5, 5.41) is 4.54. The molecule has 3 rings (SSSR count). The van der Waals surface area contributed by atoms with E-state index < -0.39 is 0 Å². The Hall–Kier alpha value is -3.35. The molecule has 0 spiro atoms. The molecule has 0 fully saturated rings. The first-order valence-corrected chi connectivity index (χ1v) is 9.15. The van der Waals surface area contributed by atoms with Crippen LogP contribution in [-0.4, -0.2) is 45.9 Å². The summed E-state index contributed by atoms with van der Waals surface area (Å²) in [5.41, 5.74) is 1.19. The van der Waals surface area contributed by atoms with Crippen molar-refractivity contribution < 1.29 is 9.53 Å². The first-order valence-electron chi connectivity index (χ1n) is 9.15. The fraction of sp³-hybridized carbons (Fsp3) is 0.286.